The lowest BCUT2D eigenvalue weighted by molar-refractivity contribution is 0.208. The van der Waals surface area contributed by atoms with Crippen LogP contribution in [0, 0.1) is 26.6 Å². The molecule has 0 saturated carbocycles. The van der Waals surface area contributed by atoms with E-state index in [1.54, 1.807) is 20.1 Å². The predicted molar refractivity (Wildman–Crippen MR) is 77.7 cm³/mol. The molecule has 0 spiro atoms. The first-order chi connectivity index (χ1) is 9.43. The minimum atomic E-state index is -1.04. The molecule has 2 rings (SSSR count). The number of rotatable bonds is 3. The van der Waals surface area contributed by atoms with Crippen molar-refractivity contribution in [2.45, 2.75) is 26.9 Å². The highest BCUT2D eigenvalue weighted by atomic mass is 19.1. The van der Waals surface area contributed by atoms with Crippen molar-refractivity contribution in [1.82, 2.24) is 0 Å². The quantitative estimate of drug-likeness (QED) is 0.921. The summed E-state index contributed by atoms with van der Waals surface area (Å²) in [5, 5.41) is 10.5. The molecule has 1 N–H and O–H groups in total. The van der Waals surface area contributed by atoms with Crippen LogP contribution >= 0.6 is 0 Å². The van der Waals surface area contributed by atoms with Gasteiger partial charge in [-0.05, 0) is 49.6 Å². The number of aryl methyl sites for hydroxylation is 3. The molecule has 3 heteroatoms. The van der Waals surface area contributed by atoms with E-state index in [4.69, 9.17) is 4.74 Å². The van der Waals surface area contributed by atoms with Crippen molar-refractivity contribution in [3.63, 3.8) is 0 Å². The van der Waals surface area contributed by atoms with Gasteiger partial charge in [0.25, 0.3) is 0 Å². The minimum absolute atomic E-state index is 0.303. The molecule has 2 aromatic rings. The molecule has 0 heterocycles. The molecule has 0 saturated heterocycles. The van der Waals surface area contributed by atoms with Crippen LogP contribution in [-0.2, 0) is 0 Å². The Morgan fingerprint density at radius 1 is 1.05 bits per heavy atom. The van der Waals surface area contributed by atoms with Crippen molar-refractivity contribution < 1.29 is 14.2 Å². The lowest BCUT2D eigenvalue weighted by Crippen LogP contribution is -2.07. The van der Waals surface area contributed by atoms with Crippen molar-refractivity contribution in [2.24, 2.45) is 0 Å². The van der Waals surface area contributed by atoms with Gasteiger partial charge in [0.05, 0.1) is 7.11 Å². The van der Waals surface area contributed by atoms with Crippen LogP contribution in [0.3, 0.4) is 0 Å². The first kappa shape index (κ1) is 14.5. The topological polar surface area (TPSA) is 29.5 Å². The highest BCUT2D eigenvalue weighted by Gasteiger charge is 2.21. The normalized spacial score (nSPS) is 12.3. The SMILES string of the molecule is COc1cc(C)ccc1C(O)c1c(C)cc(C)cc1F. The first-order valence-corrected chi connectivity index (χ1v) is 6.53. The average Bonchev–Trinajstić information content (AvgIpc) is 2.37. The summed E-state index contributed by atoms with van der Waals surface area (Å²) in [6.07, 6.45) is -1.04. The molecule has 0 aliphatic heterocycles. The fraction of sp³-hybridized carbons (Fsp3) is 0.294. The Kier molecular flexibility index (Phi) is 4.09. The zero-order chi connectivity index (χ0) is 14.9. The van der Waals surface area contributed by atoms with Crippen LogP contribution < -0.4 is 4.74 Å². The van der Waals surface area contributed by atoms with E-state index in [1.807, 2.05) is 32.0 Å². The summed E-state index contributed by atoms with van der Waals surface area (Å²) in [5.41, 5.74) is 3.48. The number of aliphatic hydroxyl groups is 1. The maximum atomic E-state index is 14.2. The van der Waals surface area contributed by atoms with Gasteiger partial charge in [0.1, 0.15) is 17.7 Å². The van der Waals surface area contributed by atoms with Crippen LogP contribution in [0.25, 0.3) is 0 Å². The third kappa shape index (κ3) is 2.68. The Labute approximate surface area is 118 Å². The lowest BCUT2D eigenvalue weighted by Gasteiger charge is -2.18. The van der Waals surface area contributed by atoms with Crippen LogP contribution in [0.1, 0.15) is 33.9 Å². The van der Waals surface area contributed by atoms with E-state index in [2.05, 4.69) is 0 Å². The summed E-state index contributed by atoms with van der Waals surface area (Å²) < 4.78 is 19.5. The Bertz CT molecular complexity index is 612. The number of ether oxygens (including phenoxy) is 1. The number of hydrogen-bond acceptors (Lipinski definition) is 2. The van der Waals surface area contributed by atoms with Gasteiger partial charge in [-0.2, -0.15) is 0 Å². The second-order valence-electron chi connectivity index (χ2n) is 5.13. The van der Waals surface area contributed by atoms with Crippen LogP contribution in [-0.4, -0.2) is 12.2 Å². The summed E-state index contributed by atoms with van der Waals surface area (Å²) in [7, 11) is 1.54. The molecule has 1 unspecified atom stereocenters. The molecule has 0 fully saturated rings. The molecule has 0 aliphatic carbocycles. The number of halogens is 1. The van der Waals surface area contributed by atoms with Gasteiger partial charge >= 0.3 is 0 Å². The van der Waals surface area contributed by atoms with Gasteiger partial charge in [0.15, 0.2) is 0 Å². The lowest BCUT2D eigenvalue weighted by atomic mass is 9.94. The molecule has 0 radical (unpaired) electrons. The molecule has 106 valence electrons. The summed E-state index contributed by atoms with van der Waals surface area (Å²) in [4.78, 5) is 0. The molecular formula is C17H19FO2. The fourth-order valence-electron chi connectivity index (χ4n) is 2.47. The zero-order valence-corrected chi connectivity index (χ0v) is 12.2. The highest BCUT2D eigenvalue weighted by Crippen LogP contribution is 2.33. The van der Waals surface area contributed by atoms with Crippen LogP contribution in [0.15, 0.2) is 30.3 Å². The third-order valence-corrected chi connectivity index (χ3v) is 3.44. The largest absolute Gasteiger partial charge is 0.496 e. The third-order valence-electron chi connectivity index (χ3n) is 3.44. The second kappa shape index (κ2) is 5.63. The predicted octanol–water partition coefficient (Wildman–Crippen LogP) is 3.84. The van der Waals surface area contributed by atoms with Crippen molar-refractivity contribution in [2.75, 3.05) is 7.11 Å². The molecule has 0 aliphatic rings. The van der Waals surface area contributed by atoms with Gasteiger partial charge < -0.3 is 9.84 Å². The molecule has 20 heavy (non-hydrogen) atoms. The molecule has 2 nitrogen and oxygen atoms in total. The van der Waals surface area contributed by atoms with E-state index in [-0.39, 0.29) is 0 Å². The van der Waals surface area contributed by atoms with Crippen molar-refractivity contribution in [3.05, 3.63) is 64.0 Å². The van der Waals surface area contributed by atoms with Crippen molar-refractivity contribution in [1.29, 1.82) is 0 Å². The van der Waals surface area contributed by atoms with Gasteiger partial charge in [-0.3, -0.25) is 0 Å². The monoisotopic (exact) mass is 274 g/mol. The maximum absolute atomic E-state index is 14.2. The van der Waals surface area contributed by atoms with Crippen LogP contribution in [0.5, 0.6) is 5.75 Å². The number of methoxy groups -OCH3 is 1. The van der Waals surface area contributed by atoms with E-state index in [0.717, 1.165) is 16.7 Å². The Morgan fingerprint density at radius 2 is 1.75 bits per heavy atom. The molecule has 1 atom stereocenters. The minimum Gasteiger partial charge on any atom is -0.496 e. The van der Waals surface area contributed by atoms with E-state index >= 15 is 0 Å². The van der Waals surface area contributed by atoms with E-state index in [1.165, 1.54) is 6.07 Å². The molecule has 0 bridgehead atoms. The highest BCUT2D eigenvalue weighted by molar-refractivity contribution is 5.45. The molecule has 2 aromatic carbocycles. The second-order valence-corrected chi connectivity index (χ2v) is 5.13. The Hall–Kier alpha value is -1.87. The van der Waals surface area contributed by atoms with E-state index < -0.39 is 11.9 Å². The zero-order valence-electron chi connectivity index (χ0n) is 12.2. The number of benzene rings is 2. The molecule has 0 aromatic heterocycles. The Morgan fingerprint density at radius 3 is 2.35 bits per heavy atom. The maximum Gasteiger partial charge on any atom is 0.129 e. The van der Waals surface area contributed by atoms with Gasteiger partial charge in [-0.15, -0.1) is 0 Å². The molecule has 0 amide bonds. The standard InChI is InChI=1S/C17H19FO2/c1-10-5-6-13(15(9-10)20-4)17(19)16-12(3)7-11(2)8-14(16)18/h5-9,17,19H,1-4H3. The van der Waals surface area contributed by atoms with Gasteiger partial charge in [-0.25, -0.2) is 4.39 Å². The van der Waals surface area contributed by atoms with Crippen LogP contribution in [0.2, 0.25) is 0 Å². The van der Waals surface area contributed by atoms with Crippen LogP contribution in [0.4, 0.5) is 4.39 Å². The van der Waals surface area contributed by atoms with Gasteiger partial charge in [0.2, 0.25) is 0 Å². The summed E-state index contributed by atoms with van der Waals surface area (Å²) >= 11 is 0. The number of hydrogen-bond donors (Lipinski definition) is 1. The smallest absolute Gasteiger partial charge is 0.129 e. The molecular weight excluding hydrogens is 255 g/mol. The van der Waals surface area contributed by atoms with Crippen molar-refractivity contribution >= 4 is 0 Å². The number of aliphatic hydroxyl groups excluding tert-OH is 1. The van der Waals surface area contributed by atoms with Gasteiger partial charge in [0, 0.05) is 11.1 Å². The summed E-state index contributed by atoms with van der Waals surface area (Å²) in [5.74, 6) is 0.175. The first-order valence-electron chi connectivity index (χ1n) is 6.53. The van der Waals surface area contributed by atoms with E-state index in [9.17, 15) is 9.50 Å². The van der Waals surface area contributed by atoms with E-state index in [0.29, 0.717) is 16.9 Å². The summed E-state index contributed by atoms with van der Waals surface area (Å²) in [6.45, 7) is 5.57. The summed E-state index contributed by atoms with van der Waals surface area (Å²) in [6, 6.07) is 8.79. The average molecular weight is 274 g/mol. The van der Waals surface area contributed by atoms with Crippen molar-refractivity contribution in [3.8, 4) is 5.75 Å². The fourth-order valence-corrected chi connectivity index (χ4v) is 2.47. The van der Waals surface area contributed by atoms with Gasteiger partial charge in [-0.1, -0.05) is 18.2 Å². The Balaban J connectivity index is 2.54.